The van der Waals surface area contributed by atoms with Gasteiger partial charge in [0.1, 0.15) is 5.76 Å². The molecule has 1 fully saturated rings. The summed E-state index contributed by atoms with van der Waals surface area (Å²) in [6.07, 6.45) is 8.22. The summed E-state index contributed by atoms with van der Waals surface area (Å²) in [6.45, 7) is 9.22. The van der Waals surface area contributed by atoms with E-state index >= 15 is 0 Å². The van der Waals surface area contributed by atoms with Crippen LogP contribution in [0.25, 0.3) is 0 Å². The first kappa shape index (κ1) is 21.3. The maximum absolute atomic E-state index is 5.81. The first-order chi connectivity index (χ1) is 10.9. The highest BCUT2D eigenvalue weighted by Crippen LogP contribution is 2.26. The van der Waals surface area contributed by atoms with Crippen LogP contribution in [0, 0.1) is 5.92 Å². The van der Waals surface area contributed by atoms with Gasteiger partial charge in [0.25, 0.3) is 0 Å². The summed E-state index contributed by atoms with van der Waals surface area (Å²) in [5, 5.41) is 6.83. The van der Waals surface area contributed by atoms with E-state index in [0.717, 1.165) is 17.6 Å². The second kappa shape index (κ2) is 9.63. The SMILES string of the molecule is CCC1CCC(NC(=NC)NCc2ncc(C(C)(C)C)o2)CC1.I. The van der Waals surface area contributed by atoms with E-state index < -0.39 is 0 Å². The number of halogens is 1. The molecule has 1 aliphatic rings. The van der Waals surface area contributed by atoms with Crippen molar-refractivity contribution < 1.29 is 4.42 Å². The fourth-order valence-corrected chi connectivity index (χ4v) is 3.00. The van der Waals surface area contributed by atoms with E-state index in [1.807, 2.05) is 13.2 Å². The van der Waals surface area contributed by atoms with Crippen LogP contribution < -0.4 is 10.6 Å². The Hall–Kier alpha value is -0.790. The van der Waals surface area contributed by atoms with Crippen molar-refractivity contribution in [3.8, 4) is 0 Å². The van der Waals surface area contributed by atoms with E-state index in [-0.39, 0.29) is 29.4 Å². The van der Waals surface area contributed by atoms with Crippen molar-refractivity contribution in [2.24, 2.45) is 10.9 Å². The molecule has 1 saturated carbocycles. The van der Waals surface area contributed by atoms with Crippen LogP contribution in [-0.2, 0) is 12.0 Å². The second-order valence-corrected chi connectivity index (χ2v) is 7.56. The lowest BCUT2D eigenvalue weighted by molar-refractivity contribution is 0.303. The van der Waals surface area contributed by atoms with Gasteiger partial charge in [0, 0.05) is 18.5 Å². The molecule has 1 aromatic rings. The molecule has 2 N–H and O–H groups in total. The van der Waals surface area contributed by atoms with Crippen LogP contribution in [0.4, 0.5) is 0 Å². The number of oxazole rings is 1. The standard InChI is InChI=1S/C18H32N4O.HI/c1-6-13-7-9-14(10-8-13)22-17(19-5)21-12-16-20-11-15(23-16)18(2,3)4;/h11,13-14H,6-10,12H2,1-5H3,(H2,19,21,22);1H. The zero-order chi connectivity index (χ0) is 16.9. The summed E-state index contributed by atoms with van der Waals surface area (Å²) < 4.78 is 5.81. The third-order valence-electron chi connectivity index (χ3n) is 4.69. The van der Waals surface area contributed by atoms with E-state index in [0.29, 0.717) is 18.5 Å². The first-order valence-electron chi connectivity index (χ1n) is 8.84. The number of nitrogens with one attached hydrogen (secondary N) is 2. The number of guanidine groups is 1. The molecule has 24 heavy (non-hydrogen) atoms. The number of rotatable bonds is 4. The molecule has 0 saturated heterocycles. The molecule has 1 aromatic heterocycles. The Bertz CT molecular complexity index is 513. The van der Waals surface area contributed by atoms with Gasteiger partial charge in [0.05, 0.1) is 12.7 Å². The lowest BCUT2D eigenvalue weighted by Crippen LogP contribution is -2.44. The number of hydrogen-bond acceptors (Lipinski definition) is 3. The highest BCUT2D eigenvalue weighted by molar-refractivity contribution is 14.0. The van der Waals surface area contributed by atoms with E-state index in [9.17, 15) is 0 Å². The maximum Gasteiger partial charge on any atom is 0.213 e. The number of nitrogens with zero attached hydrogens (tertiary/aromatic N) is 2. The fraction of sp³-hybridized carbons (Fsp3) is 0.778. The molecule has 1 aliphatic carbocycles. The molecule has 6 heteroatoms. The van der Waals surface area contributed by atoms with Gasteiger partial charge in [0.15, 0.2) is 5.96 Å². The van der Waals surface area contributed by atoms with Gasteiger partial charge in [-0.25, -0.2) is 4.98 Å². The minimum absolute atomic E-state index is 0. The van der Waals surface area contributed by atoms with Gasteiger partial charge in [-0.3, -0.25) is 4.99 Å². The second-order valence-electron chi connectivity index (χ2n) is 7.56. The Morgan fingerprint density at radius 2 is 1.96 bits per heavy atom. The van der Waals surface area contributed by atoms with Gasteiger partial charge in [-0.2, -0.15) is 0 Å². The van der Waals surface area contributed by atoms with Crippen LogP contribution in [0.15, 0.2) is 15.6 Å². The van der Waals surface area contributed by atoms with Crippen molar-refractivity contribution >= 4 is 29.9 Å². The molecule has 0 bridgehead atoms. The van der Waals surface area contributed by atoms with Crippen LogP contribution in [-0.4, -0.2) is 24.0 Å². The average molecular weight is 448 g/mol. The average Bonchev–Trinajstić information content (AvgIpc) is 3.01. The molecule has 0 atom stereocenters. The van der Waals surface area contributed by atoms with Crippen LogP contribution in [0.2, 0.25) is 0 Å². The number of hydrogen-bond donors (Lipinski definition) is 2. The molecule has 5 nitrogen and oxygen atoms in total. The van der Waals surface area contributed by atoms with E-state index in [2.05, 4.69) is 48.3 Å². The summed E-state index contributed by atoms with van der Waals surface area (Å²) in [4.78, 5) is 8.66. The highest BCUT2D eigenvalue weighted by Gasteiger charge is 2.21. The maximum atomic E-state index is 5.81. The summed E-state index contributed by atoms with van der Waals surface area (Å²) >= 11 is 0. The molecule has 0 aromatic carbocycles. The third kappa shape index (κ3) is 6.26. The van der Waals surface area contributed by atoms with Crippen molar-refractivity contribution in [3.63, 3.8) is 0 Å². The van der Waals surface area contributed by atoms with Crippen LogP contribution in [0.5, 0.6) is 0 Å². The van der Waals surface area contributed by atoms with Crippen LogP contribution in [0.3, 0.4) is 0 Å². The highest BCUT2D eigenvalue weighted by atomic mass is 127. The molecular formula is C18H33IN4O. The summed E-state index contributed by atoms with van der Waals surface area (Å²) in [5.41, 5.74) is -0.0108. The molecule has 0 spiro atoms. The molecule has 0 radical (unpaired) electrons. The quantitative estimate of drug-likeness (QED) is 0.411. The van der Waals surface area contributed by atoms with Crippen molar-refractivity contribution in [2.45, 2.75) is 77.8 Å². The van der Waals surface area contributed by atoms with Gasteiger partial charge in [0.2, 0.25) is 5.89 Å². The van der Waals surface area contributed by atoms with Gasteiger partial charge >= 0.3 is 0 Å². The Labute approximate surface area is 163 Å². The normalized spacial score (nSPS) is 22.0. The smallest absolute Gasteiger partial charge is 0.213 e. The summed E-state index contributed by atoms with van der Waals surface area (Å²) in [5.74, 6) is 3.36. The lowest BCUT2D eigenvalue weighted by Gasteiger charge is -2.29. The van der Waals surface area contributed by atoms with Crippen molar-refractivity contribution in [1.29, 1.82) is 0 Å². The predicted molar refractivity (Wildman–Crippen MR) is 110 cm³/mol. The minimum Gasteiger partial charge on any atom is -0.443 e. The molecular weight excluding hydrogens is 415 g/mol. The van der Waals surface area contributed by atoms with Gasteiger partial charge < -0.3 is 15.1 Å². The monoisotopic (exact) mass is 448 g/mol. The topological polar surface area (TPSA) is 62.5 Å². The minimum atomic E-state index is -0.0108. The van der Waals surface area contributed by atoms with Gasteiger partial charge in [-0.05, 0) is 31.6 Å². The Morgan fingerprint density at radius 3 is 2.46 bits per heavy atom. The largest absolute Gasteiger partial charge is 0.443 e. The lowest BCUT2D eigenvalue weighted by atomic mass is 9.84. The van der Waals surface area contributed by atoms with Gasteiger partial charge in [-0.1, -0.05) is 34.1 Å². The van der Waals surface area contributed by atoms with Crippen molar-refractivity contribution in [2.75, 3.05) is 7.05 Å². The number of aromatic nitrogens is 1. The zero-order valence-corrected chi connectivity index (χ0v) is 18.0. The predicted octanol–water partition coefficient (Wildman–Crippen LogP) is 4.22. The molecule has 0 aliphatic heterocycles. The molecule has 1 heterocycles. The van der Waals surface area contributed by atoms with Gasteiger partial charge in [-0.15, -0.1) is 24.0 Å². The Balaban J connectivity index is 0.00000288. The summed E-state index contributed by atoms with van der Waals surface area (Å²) in [6, 6.07) is 0.527. The number of aliphatic imine (C=N–C) groups is 1. The third-order valence-corrected chi connectivity index (χ3v) is 4.69. The van der Waals surface area contributed by atoms with E-state index in [4.69, 9.17) is 4.42 Å². The first-order valence-corrected chi connectivity index (χ1v) is 8.84. The van der Waals surface area contributed by atoms with E-state index in [1.54, 1.807) is 0 Å². The fourth-order valence-electron chi connectivity index (χ4n) is 3.00. The van der Waals surface area contributed by atoms with Crippen molar-refractivity contribution in [3.05, 3.63) is 17.8 Å². The summed E-state index contributed by atoms with van der Waals surface area (Å²) in [7, 11) is 1.81. The Morgan fingerprint density at radius 1 is 1.29 bits per heavy atom. The molecule has 2 rings (SSSR count). The van der Waals surface area contributed by atoms with Crippen LogP contribution >= 0.6 is 24.0 Å². The molecule has 0 unspecified atom stereocenters. The van der Waals surface area contributed by atoms with Crippen LogP contribution in [0.1, 0.15) is 71.5 Å². The molecule has 138 valence electrons. The Kier molecular flexibility index (Phi) is 8.53. The molecule has 0 amide bonds. The van der Waals surface area contributed by atoms with Crippen molar-refractivity contribution in [1.82, 2.24) is 15.6 Å². The zero-order valence-electron chi connectivity index (χ0n) is 15.7. The van der Waals surface area contributed by atoms with E-state index in [1.165, 1.54) is 32.1 Å².